The lowest BCUT2D eigenvalue weighted by Crippen LogP contribution is -2.60. The van der Waals surface area contributed by atoms with Crippen LogP contribution < -0.4 is 10.5 Å². The number of hydrogen-bond donors (Lipinski definition) is 2. The molecule has 1 aliphatic rings. The molecule has 0 bridgehead atoms. The van der Waals surface area contributed by atoms with Crippen molar-refractivity contribution in [3.63, 3.8) is 0 Å². The average molecular weight is 322 g/mol. The molecule has 22 heavy (non-hydrogen) atoms. The molecular formula is C17H26N2O2S. The normalized spacial score (nSPS) is 29.3. The highest BCUT2D eigenvalue weighted by molar-refractivity contribution is 7.89. The van der Waals surface area contributed by atoms with Gasteiger partial charge in [-0.05, 0) is 58.1 Å². The standard InChI is InChI=1S/C17H26N2O2S/c1-12(2)14-9-10-17(4,16(18)11-14)19-22(20,21)15-7-5-13(3)6-8-15/h5-8,14,16,19H,1,9-11,18H2,2-4H3/t14-,16+,17+/m1/s1. The van der Waals surface area contributed by atoms with Crippen LogP contribution in [0.1, 0.15) is 38.7 Å². The van der Waals surface area contributed by atoms with Crippen molar-refractivity contribution in [3.05, 3.63) is 42.0 Å². The molecule has 1 aromatic carbocycles. The molecule has 1 aliphatic carbocycles. The monoisotopic (exact) mass is 322 g/mol. The summed E-state index contributed by atoms with van der Waals surface area (Å²) in [5.74, 6) is 0.381. The fraction of sp³-hybridized carbons (Fsp3) is 0.529. The molecule has 2 rings (SSSR count). The van der Waals surface area contributed by atoms with E-state index in [0.29, 0.717) is 5.92 Å². The molecule has 0 radical (unpaired) electrons. The Hall–Kier alpha value is -1.17. The van der Waals surface area contributed by atoms with Gasteiger partial charge in [-0.2, -0.15) is 0 Å². The van der Waals surface area contributed by atoms with Crippen LogP contribution in [0.5, 0.6) is 0 Å². The predicted molar refractivity (Wildman–Crippen MR) is 90.0 cm³/mol. The van der Waals surface area contributed by atoms with Crippen molar-refractivity contribution in [2.45, 2.75) is 56.5 Å². The van der Waals surface area contributed by atoms with Gasteiger partial charge in [-0.3, -0.25) is 0 Å². The Bertz CT molecular complexity index is 652. The van der Waals surface area contributed by atoms with Gasteiger partial charge in [0.15, 0.2) is 0 Å². The lowest BCUT2D eigenvalue weighted by atomic mass is 9.73. The number of sulfonamides is 1. The molecule has 122 valence electrons. The Kier molecular flexibility index (Phi) is 4.80. The van der Waals surface area contributed by atoms with Crippen molar-refractivity contribution in [2.75, 3.05) is 0 Å². The number of nitrogens with two attached hydrogens (primary N) is 1. The molecule has 0 unspecified atom stereocenters. The third-order valence-corrected chi connectivity index (χ3v) is 6.39. The van der Waals surface area contributed by atoms with E-state index in [9.17, 15) is 8.42 Å². The van der Waals surface area contributed by atoms with Crippen LogP contribution in [0.15, 0.2) is 41.3 Å². The van der Waals surface area contributed by atoms with Gasteiger partial charge in [0.2, 0.25) is 10.0 Å². The molecule has 3 N–H and O–H groups in total. The number of nitrogens with one attached hydrogen (secondary N) is 1. The molecule has 1 aromatic rings. The maximum atomic E-state index is 12.6. The van der Waals surface area contributed by atoms with Crippen molar-refractivity contribution in [1.82, 2.24) is 4.72 Å². The van der Waals surface area contributed by atoms with Gasteiger partial charge in [-0.1, -0.05) is 29.8 Å². The quantitative estimate of drug-likeness (QED) is 0.837. The van der Waals surface area contributed by atoms with E-state index in [1.165, 1.54) is 0 Å². The zero-order valence-electron chi connectivity index (χ0n) is 13.6. The molecule has 4 nitrogen and oxygen atoms in total. The van der Waals surface area contributed by atoms with Gasteiger partial charge in [0.05, 0.1) is 4.90 Å². The minimum absolute atomic E-state index is 0.219. The van der Waals surface area contributed by atoms with Crippen molar-refractivity contribution in [1.29, 1.82) is 0 Å². The van der Waals surface area contributed by atoms with Crippen LogP contribution in [-0.4, -0.2) is 20.0 Å². The Balaban J connectivity index is 2.18. The van der Waals surface area contributed by atoms with E-state index in [2.05, 4.69) is 11.3 Å². The number of aryl methyl sites for hydroxylation is 1. The van der Waals surface area contributed by atoms with E-state index in [4.69, 9.17) is 5.73 Å². The average Bonchev–Trinajstić information content (AvgIpc) is 2.41. The Labute approximate surface area is 133 Å². The molecule has 5 heteroatoms. The first-order valence-electron chi connectivity index (χ1n) is 7.66. The topological polar surface area (TPSA) is 72.2 Å². The molecular weight excluding hydrogens is 296 g/mol. The first-order valence-corrected chi connectivity index (χ1v) is 9.14. The molecule has 0 heterocycles. The van der Waals surface area contributed by atoms with Crippen LogP contribution in [0.25, 0.3) is 0 Å². The van der Waals surface area contributed by atoms with Crippen LogP contribution in [0.3, 0.4) is 0 Å². The van der Waals surface area contributed by atoms with E-state index in [-0.39, 0.29) is 10.9 Å². The molecule has 1 saturated carbocycles. The Morgan fingerprint density at radius 1 is 1.36 bits per heavy atom. The maximum absolute atomic E-state index is 12.6. The molecule has 0 aliphatic heterocycles. The summed E-state index contributed by atoms with van der Waals surface area (Å²) >= 11 is 0. The lowest BCUT2D eigenvalue weighted by molar-refractivity contribution is 0.215. The second kappa shape index (κ2) is 6.14. The van der Waals surface area contributed by atoms with Gasteiger partial charge >= 0.3 is 0 Å². The number of benzene rings is 1. The molecule has 0 amide bonds. The van der Waals surface area contributed by atoms with Gasteiger partial charge in [-0.25, -0.2) is 13.1 Å². The van der Waals surface area contributed by atoms with Crippen LogP contribution in [0.4, 0.5) is 0 Å². The third kappa shape index (κ3) is 3.59. The van der Waals surface area contributed by atoms with Crippen molar-refractivity contribution in [2.24, 2.45) is 11.7 Å². The summed E-state index contributed by atoms with van der Waals surface area (Å²) in [5, 5.41) is 0. The molecule has 0 spiro atoms. The maximum Gasteiger partial charge on any atom is 0.241 e. The van der Waals surface area contributed by atoms with Crippen molar-refractivity contribution in [3.8, 4) is 0 Å². The zero-order valence-corrected chi connectivity index (χ0v) is 14.4. The summed E-state index contributed by atoms with van der Waals surface area (Å²) < 4.78 is 28.0. The largest absolute Gasteiger partial charge is 0.326 e. The van der Waals surface area contributed by atoms with Crippen LogP contribution in [-0.2, 0) is 10.0 Å². The van der Waals surface area contributed by atoms with Gasteiger partial charge in [0.25, 0.3) is 0 Å². The smallest absolute Gasteiger partial charge is 0.241 e. The fourth-order valence-electron chi connectivity index (χ4n) is 3.00. The second-order valence-electron chi connectivity index (χ2n) is 6.76. The predicted octanol–water partition coefficient (Wildman–Crippen LogP) is 2.74. The second-order valence-corrected chi connectivity index (χ2v) is 8.44. The third-order valence-electron chi connectivity index (χ3n) is 4.76. The molecule has 1 fully saturated rings. The number of allylic oxidation sites excluding steroid dienone is 1. The van der Waals surface area contributed by atoms with Gasteiger partial charge in [0.1, 0.15) is 0 Å². The molecule has 3 atom stereocenters. The highest BCUT2D eigenvalue weighted by Gasteiger charge is 2.41. The first-order chi connectivity index (χ1) is 10.1. The Morgan fingerprint density at radius 2 is 1.95 bits per heavy atom. The molecule has 0 saturated heterocycles. The summed E-state index contributed by atoms with van der Waals surface area (Å²) in [6, 6.07) is 6.64. The summed E-state index contributed by atoms with van der Waals surface area (Å²) in [7, 11) is -3.56. The molecule has 0 aromatic heterocycles. The van der Waals surface area contributed by atoms with E-state index in [1.54, 1.807) is 24.3 Å². The minimum Gasteiger partial charge on any atom is -0.326 e. The summed E-state index contributed by atoms with van der Waals surface area (Å²) in [6.07, 6.45) is 2.40. The van der Waals surface area contributed by atoms with E-state index in [1.807, 2.05) is 20.8 Å². The van der Waals surface area contributed by atoms with Gasteiger partial charge in [-0.15, -0.1) is 0 Å². The van der Waals surface area contributed by atoms with E-state index in [0.717, 1.165) is 30.4 Å². The van der Waals surface area contributed by atoms with E-state index >= 15 is 0 Å². The number of rotatable bonds is 4. The lowest BCUT2D eigenvalue weighted by Gasteiger charge is -2.43. The number of hydrogen-bond acceptors (Lipinski definition) is 3. The van der Waals surface area contributed by atoms with Crippen LogP contribution >= 0.6 is 0 Å². The fourth-order valence-corrected chi connectivity index (χ4v) is 4.48. The summed E-state index contributed by atoms with van der Waals surface area (Å²) in [5.41, 5.74) is 7.82. The van der Waals surface area contributed by atoms with Gasteiger partial charge < -0.3 is 5.73 Å². The minimum atomic E-state index is -3.56. The summed E-state index contributed by atoms with van der Waals surface area (Å²) in [4.78, 5) is 0.286. The highest BCUT2D eigenvalue weighted by Crippen LogP contribution is 2.35. The van der Waals surface area contributed by atoms with Gasteiger partial charge in [0, 0.05) is 11.6 Å². The highest BCUT2D eigenvalue weighted by atomic mass is 32.2. The summed E-state index contributed by atoms with van der Waals surface area (Å²) in [6.45, 7) is 9.84. The van der Waals surface area contributed by atoms with Crippen molar-refractivity contribution < 1.29 is 8.42 Å². The SMILES string of the molecule is C=C(C)[C@@H]1CC[C@](C)(NS(=O)(=O)c2ccc(C)cc2)[C@@H](N)C1. The first kappa shape index (κ1) is 17.2. The van der Waals surface area contributed by atoms with Crippen LogP contribution in [0, 0.1) is 12.8 Å². The van der Waals surface area contributed by atoms with E-state index < -0.39 is 15.6 Å². The van der Waals surface area contributed by atoms with Crippen molar-refractivity contribution >= 4 is 10.0 Å². The zero-order chi connectivity index (χ0) is 16.5. The Morgan fingerprint density at radius 3 is 2.45 bits per heavy atom. The van der Waals surface area contributed by atoms with Crippen LogP contribution in [0.2, 0.25) is 0 Å².